The molecule has 0 bridgehead atoms. The summed E-state index contributed by atoms with van der Waals surface area (Å²) in [6.07, 6.45) is 4.00. The fraction of sp³-hybridized carbons (Fsp3) is 0.0323. The molecule has 2 atom stereocenters. The lowest BCUT2D eigenvalue weighted by Crippen LogP contribution is -2.32. The zero-order valence-corrected chi connectivity index (χ0v) is 35.7. The molecule has 3 heteroatoms. The highest BCUT2D eigenvalue weighted by Crippen LogP contribution is 2.47. The molecule has 1 aliphatic rings. The van der Waals surface area contributed by atoms with Crippen molar-refractivity contribution >= 4 is 49.2 Å². The van der Waals surface area contributed by atoms with Crippen LogP contribution in [0.25, 0.3) is 93.7 Å². The number of nitrogens with two attached hydrogens (primary N) is 1. The summed E-state index contributed by atoms with van der Waals surface area (Å²) in [6.45, 7) is 0. The van der Waals surface area contributed by atoms with Crippen LogP contribution < -0.4 is 15.8 Å². The Morgan fingerprint density at radius 3 is 1.94 bits per heavy atom. The largest absolute Gasteiger partial charge is 0.456 e. The Bertz CT molecular complexity index is 3610. The summed E-state index contributed by atoms with van der Waals surface area (Å²) in [4.78, 5) is 0. The number of fused-ring (bicyclic) bond motifs is 6. The molecule has 1 heterocycles. The summed E-state index contributed by atoms with van der Waals surface area (Å²) >= 11 is 0. The van der Waals surface area contributed by atoms with Crippen molar-refractivity contribution in [1.29, 1.82) is 0 Å². The minimum Gasteiger partial charge on any atom is -0.456 e. The molecule has 12 rings (SSSR count). The Morgan fingerprint density at radius 2 is 1.09 bits per heavy atom. The van der Waals surface area contributed by atoms with Gasteiger partial charge >= 0.3 is 0 Å². The molecule has 0 aromatic heterocycles. The lowest BCUT2D eigenvalue weighted by atomic mass is 9.89. The molecule has 11 aromatic rings. The highest BCUT2D eigenvalue weighted by Gasteiger charge is 2.21. The molecule has 0 spiro atoms. The minimum absolute atomic E-state index is 0.193. The van der Waals surface area contributed by atoms with Gasteiger partial charge in [-0.05, 0) is 118 Å². The fourth-order valence-corrected chi connectivity index (χ4v) is 9.92. The van der Waals surface area contributed by atoms with Crippen molar-refractivity contribution < 1.29 is 4.74 Å². The predicted molar refractivity (Wildman–Crippen MR) is 273 cm³/mol. The molecule has 1 aliphatic heterocycles. The summed E-state index contributed by atoms with van der Waals surface area (Å²) in [6, 6.07) is 80.1. The van der Waals surface area contributed by atoms with Crippen molar-refractivity contribution in [2.45, 2.75) is 12.2 Å². The molecular formula is C62H44N2O. The average molecular weight is 833 g/mol. The van der Waals surface area contributed by atoms with Crippen LogP contribution in [0.5, 0.6) is 11.5 Å². The third kappa shape index (κ3) is 7.04. The van der Waals surface area contributed by atoms with Crippen LogP contribution in [0.3, 0.4) is 0 Å². The molecule has 65 heavy (non-hydrogen) atoms. The summed E-state index contributed by atoms with van der Waals surface area (Å²) in [5.74, 6) is 1.79. The first-order valence-electron chi connectivity index (χ1n) is 22.4. The van der Waals surface area contributed by atoms with Gasteiger partial charge in [0.25, 0.3) is 0 Å². The van der Waals surface area contributed by atoms with Crippen LogP contribution in [0.2, 0.25) is 0 Å². The number of nitrogens with one attached hydrogen (secondary N) is 1. The highest BCUT2D eigenvalue weighted by molar-refractivity contribution is 6.20. The molecule has 11 aromatic carbocycles. The monoisotopic (exact) mass is 832 g/mol. The first kappa shape index (κ1) is 38.6. The quantitative estimate of drug-likeness (QED) is 0.0865. The van der Waals surface area contributed by atoms with Crippen LogP contribution in [0.1, 0.15) is 28.9 Å². The maximum atomic E-state index is 7.16. The van der Waals surface area contributed by atoms with Gasteiger partial charge in [0.15, 0.2) is 0 Å². The van der Waals surface area contributed by atoms with Crippen molar-refractivity contribution in [3.05, 3.63) is 247 Å². The summed E-state index contributed by atoms with van der Waals surface area (Å²) in [5.41, 5.74) is 19.7. The Hall–Kier alpha value is -8.08. The topological polar surface area (TPSA) is 47.3 Å². The number of hydrogen-bond acceptors (Lipinski definition) is 3. The fourth-order valence-electron chi connectivity index (χ4n) is 9.92. The van der Waals surface area contributed by atoms with Gasteiger partial charge < -0.3 is 10.5 Å². The molecule has 0 aliphatic carbocycles. The van der Waals surface area contributed by atoms with Crippen molar-refractivity contribution in [2.24, 2.45) is 5.73 Å². The molecule has 0 saturated heterocycles. The van der Waals surface area contributed by atoms with Gasteiger partial charge in [0.2, 0.25) is 0 Å². The first-order chi connectivity index (χ1) is 32.1. The molecule has 0 fully saturated rings. The second-order valence-electron chi connectivity index (χ2n) is 17.0. The van der Waals surface area contributed by atoms with Gasteiger partial charge in [0.1, 0.15) is 11.5 Å². The summed E-state index contributed by atoms with van der Waals surface area (Å²) in [5, 5.41) is 13.7. The van der Waals surface area contributed by atoms with Crippen LogP contribution in [0.15, 0.2) is 231 Å². The SMILES string of the molecule is NC(NC(/C=C/c1ccc(-c2ccc3c(c2)-c2cccc4cccc(c24)O3)cc1)c1ccc(-c2c3ccccc3cc3c2ccc2ccccc23)cc1)c1ccccc1-c1ccccc1. The number of ether oxygens (including phenoxy) is 1. The number of hydrogen-bond donors (Lipinski definition) is 2. The van der Waals surface area contributed by atoms with Crippen molar-refractivity contribution in [1.82, 2.24) is 5.32 Å². The van der Waals surface area contributed by atoms with Crippen molar-refractivity contribution in [3.8, 4) is 56.0 Å². The summed E-state index contributed by atoms with van der Waals surface area (Å²) < 4.78 is 6.39. The number of rotatable bonds is 9. The molecule has 2 unspecified atom stereocenters. The molecular weight excluding hydrogens is 789 g/mol. The second-order valence-corrected chi connectivity index (χ2v) is 17.0. The van der Waals surface area contributed by atoms with E-state index in [2.05, 4.69) is 236 Å². The Kier molecular flexibility index (Phi) is 9.64. The standard InChI is InChI=1S/C62H44N2O/c63-62(54-21-9-8-18-49(54)42-12-2-1-3-13-42)64-57(44-29-31-46(32-30-44)60-51-20-7-5-15-48(51)39-55-50-19-6-4-14-43(50)33-35-53(55)60)36-26-40-24-27-41(28-25-40)47-34-37-58-56(38-47)52-22-10-16-45-17-11-23-59(65-58)61(45)52/h1-39,57,62,64H,63H2/b36-26+. The predicted octanol–water partition coefficient (Wildman–Crippen LogP) is 16.1. The second kappa shape index (κ2) is 16.2. The van der Waals surface area contributed by atoms with Crippen LogP contribution in [-0.2, 0) is 0 Å². The van der Waals surface area contributed by atoms with E-state index in [1.807, 2.05) is 6.07 Å². The lowest BCUT2D eigenvalue weighted by Gasteiger charge is -2.24. The van der Waals surface area contributed by atoms with Crippen molar-refractivity contribution in [3.63, 3.8) is 0 Å². The Balaban J connectivity index is 0.895. The molecule has 0 amide bonds. The maximum absolute atomic E-state index is 7.16. The molecule has 0 radical (unpaired) electrons. The van der Waals surface area contributed by atoms with E-state index in [9.17, 15) is 0 Å². The third-order valence-corrected chi connectivity index (χ3v) is 13.1. The normalized spacial score (nSPS) is 13.0. The van der Waals surface area contributed by atoms with Gasteiger partial charge in [0, 0.05) is 10.9 Å². The van der Waals surface area contributed by atoms with E-state index < -0.39 is 6.17 Å². The van der Waals surface area contributed by atoms with E-state index in [4.69, 9.17) is 10.5 Å². The van der Waals surface area contributed by atoms with Crippen LogP contribution in [-0.4, -0.2) is 0 Å². The maximum Gasteiger partial charge on any atom is 0.135 e. The van der Waals surface area contributed by atoms with Crippen LogP contribution in [0, 0.1) is 0 Å². The van der Waals surface area contributed by atoms with Crippen LogP contribution in [0.4, 0.5) is 0 Å². The van der Waals surface area contributed by atoms with Gasteiger partial charge in [0.05, 0.1) is 12.2 Å². The zero-order chi connectivity index (χ0) is 43.3. The van der Waals surface area contributed by atoms with Gasteiger partial charge in [-0.3, -0.25) is 5.32 Å². The first-order valence-corrected chi connectivity index (χ1v) is 22.4. The highest BCUT2D eigenvalue weighted by atomic mass is 16.5. The van der Waals surface area contributed by atoms with E-state index in [1.165, 1.54) is 54.4 Å². The van der Waals surface area contributed by atoms with E-state index in [0.29, 0.717) is 0 Å². The minimum atomic E-state index is -0.441. The van der Waals surface area contributed by atoms with Gasteiger partial charge in [-0.1, -0.05) is 212 Å². The Morgan fingerprint density at radius 1 is 0.415 bits per heavy atom. The van der Waals surface area contributed by atoms with E-state index in [1.54, 1.807) is 0 Å². The lowest BCUT2D eigenvalue weighted by molar-refractivity contribution is 0.487. The van der Waals surface area contributed by atoms with Gasteiger partial charge in [-0.25, -0.2) is 0 Å². The average Bonchev–Trinajstić information content (AvgIpc) is 3.37. The molecule has 3 N–H and O–H groups in total. The molecule has 3 nitrogen and oxygen atoms in total. The van der Waals surface area contributed by atoms with E-state index in [-0.39, 0.29) is 6.04 Å². The number of benzene rings is 11. The smallest absolute Gasteiger partial charge is 0.135 e. The third-order valence-electron chi connectivity index (χ3n) is 13.1. The van der Waals surface area contributed by atoms with Crippen LogP contribution >= 0.6 is 0 Å². The van der Waals surface area contributed by atoms with E-state index >= 15 is 0 Å². The van der Waals surface area contributed by atoms with Crippen molar-refractivity contribution in [2.75, 3.05) is 0 Å². The van der Waals surface area contributed by atoms with Gasteiger partial charge in [-0.15, -0.1) is 0 Å². The summed E-state index contributed by atoms with van der Waals surface area (Å²) in [7, 11) is 0. The zero-order valence-electron chi connectivity index (χ0n) is 35.7. The molecule has 308 valence electrons. The Labute approximate surface area is 378 Å². The van der Waals surface area contributed by atoms with Gasteiger partial charge in [-0.2, -0.15) is 0 Å². The molecule has 0 saturated carbocycles. The van der Waals surface area contributed by atoms with E-state index in [0.717, 1.165) is 61.4 Å².